The molecule has 0 saturated heterocycles. The van der Waals surface area contributed by atoms with Crippen LogP contribution in [0.1, 0.15) is 36.8 Å². The van der Waals surface area contributed by atoms with Crippen LogP contribution in [-0.2, 0) is 6.42 Å². The van der Waals surface area contributed by atoms with Gasteiger partial charge in [0.05, 0.1) is 0 Å². The number of allylic oxidation sites excluding steroid dienone is 5. The number of hydrogen-bond acceptors (Lipinski definition) is 0. The van der Waals surface area contributed by atoms with E-state index < -0.39 is 0 Å². The molecule has 0 N–H and O–H groups in total. The molecular weight excluding hydrogens is 216 g/mol. The Balaban J connectivity index is 1.53. The van der Waals surface area contributed by atoms with Gasteiger partial charge in [0.25, 0.3) is 0 Å². The van der Waals surface area contributed by atoms with Crippen molar-refractivity contribution >= 4 is 6.08 Å². The van der Waals surface area contributed by atoms with Gasteiger partial charge in [0, 0.05) is 0 Å². The number of fused-ring (bicyclic) bond motifs is 1. The molecule has 0 bridgehead atoms. The molecule has 0 spiro atoms. The molecule has 0 saturated carbocycles. The summed E-state index contributed by atoms with van der Waals surface area (Å²) in [6.07, 6.45) is 13.6. The molecule has 0 amide bonds. The van der Waals surface area contributed by atoms with Crippen molar-refractivity contribution in [3.8, 4) is 0 Å². The van der Waals surface area contributed by atoms with Crippen LogP contribution in [-0.4, -0.2) is 0 Å². The molecule has 3 aliphatic carbocycles. The second-order valence-corrected chi connectivity index (χ2v) is 5.78. The van der Waals surface area contributed by atoms with Crippen molar-refractivity contribution in [1.82, 2.24) is 0 Å². The third kappa shape index (κ3) is 1.59. The van der Waals surface area contributed by atoms with E-state index in [0.29, 0.717) is 0 Å². The largest absolute Gasteiger partial charge is 0.0802 e. The predicted molar refractivity (Wildman–Crippen MR) is 76.2 cm³/mol. The Morgan fingerprint density at radius 2 is 2.11 bits per heavy atom. The first kappa shape index (κ1) is 10.4. The summed E-state index contributed by atoms with van der Waals surface area (Å²) in [6, 6.07) is 8.82. The Kier molecular flexibility index (Phi) is 2.29. The maximum Gasteiger partial charge on any atom is -0.00576 e. The van der Waals surface area contributed by atoms with E-state index in [-0.39, 0.29) is 0 Å². The summed E-state index contributed by atoms with van der Waals surface area (Å²) < 4.78 is 0. The minimum Gasteiger partial charge on any atom is -0.0802 e. The van der Waals surface area contributed by atoms with Gasteiger partial charge in [0.15, 0.2) is 0 Å². The predicted octanol–water partition coefficient (Wildman–Crippen LogP) is 4.68. The first-order chi connectivity index (χ1) is 8.90. The molecule has 0 heterocycles. The zero-order chi connectivity index (χ0) is 11.9. The molecule has 1 unspecified atom stereocenters. The van der Waals surface area contributed by atoms with Crippen LogP contribution in [0.15, 0.2) is 53.1 Å². The fourth-order valence-corrected chi connectivity index (χ4v) is 3.75. The Bertz CT molecular complexity index is 584. The highest BCUT2D eigenvalue weighted by molar-refractivity contribution is 5.63. The smallest absolute Gasteiger partial charge is 0.00576 e. The maximum atomic E-state index is 2.42. The van der Waals surface area contributed by atoms with E-state index >= 15 is 0 Å². The average molecular weight is 234 g/mol. The van der Waals surface area contributed by atoms with Gasteiger partial charge in [-0.05, 0) is 54.7 Å². The van der Waals surface area contributed by atoms with Crippen LogP contribution < -0.4 is 0 Å². The normalized spacial score (nSPS) is 24.4. The van der Waals surface area contributed by atoms with E-state index in [1.807, 2.05) is 0 Å². The van der Waals surface area contributed by atoms with Crippen molar-refractivity contribution in [3.05, 3.63) is 64.3 Å². The van der Waals surface area contributed by atoms with E-state index in [4.69, 9.17) is 0 Å². The highest BCUT2D eigenvalue weighted by Gasteiger charge is 2.27. The molecule has 18 heavy (non-hydrogen) atoms. The molecule has 0 aliphatic heterocycles. The summed E-state index contributed by atoms with van der Waals surface area (Å²) in [4.78, 5) is 0. The van der Waals surface area contributed by atoms with Crippen LogP contribution in [0.4, 0.5) is 0 Å². The van der Waals surface area contributed by atoms with Gasteiger partial charge in [-0.3, -0.25) is 0 Å². The van der Waals surface area contributed by atoms with Crippen LogP contribution >= 0.6 is 0 Å². The van der Waals surface area contributed by atoms with Crippen LogP contribution in [0, 0.1) is 5.92 Å². The van der Waals surface area contributed by atoms with Gasteiger partial charge < -0.3 is 0 Å². The molecule has 0 heteroatoms. The molecule has 1 aromatic carbocycles. The molecule has 0 fully saturated rings. The fourth-order valence-electron chi connectivity index (χ4n) is 3.75. The lowest BCUT2D eigenvalue weighted by molar-refractivity contribution is 0.602. The van der Waals surface area contributed by atoms with Gasteiger partial charge in [0.1, 0.15) is 0 Å². The van der Waals surface area contributed by atoms with E-state index in [1.165, 1.54) is 43.2 Å². The van der Waals surface area contributed by atoms with E-state index in [9.17, 15) is 0 Å². The summed E-state index contributed by atoms with van der Waals surface area (Å²) in [5, 5.41) is 0. The topological polar surface area (TPSA) is 0 Å². The Morgan fingerprint density at radius 3 is 3.06 bits per heavy atom. The first-order valence-electron chi connectivity index (χ1n) is 7.06. The van der Waals surface area contributed by atoms with Gasteiger partial charge in [-0.25, -0.2) is 0 Å². The Labute approximate surface area is 109 Å². The van der Waals surface area contributed by atoms with Gasteiger partial charge in [-0.2, -0.15) is 0 Å². The summed E-state index contributed by atoms with van der Waals surface area (Å²) >= 11 is 0. The van der Waals surface area contributed by atoms with Crippen LogP contribution in [0.5, 0.6) is 0 Å². The van der Waals surface area contributed by atoms with Gasteiger partial charge >= 0.3 is 0 Å². The van der Waals surface area contributed by atoms with Crippen LogP contribution in [0.3, 0.4) is 0 Å². The molecule has 3 aliphatic rings. The molecule has 1 aromatic rings. The lowest BCUT2D eigenvalue weighted by Gasteiger charge is -2.12. The summed E-state index contributed by atoms with van der Waals surface area (Å²) in [7, 11) is 0. The monoisotopic (exact) mass is 234 g/mol. The molecule has 90 valence electrons. The second kappa shape index (κ2) is 3.98. The fraction of sp³-hybridized carbons (Fsp3) is 0.333. The van der Waals surface area contributed by atoms with Crippen molar-refractivity contribution in [2.75, 3.05) is 0 Å². The third-order valence-electron chi connectivity index (χ3n) is 4.65. The standard InChI is InChI=1S/C18H18/c1-2-5-16-11-13(10-15(16)4-1)12-17-9-8-14-6-3-7-18(14)17/h1-5,7,10,17H,6,8-9,11-12H2. The van der Waals surface area contributed by atoms with Crippen molar-refractivity contribution in [2.45, 2.75) is 32.1 Å². The first-order valence-corrected chi connectivity index (χ1v) is 7.06. The van der Waals surface area contributed by atoms with E-state index in [0.717, 1.165) is 5.92 Å². The summed E-state index contributed by atoms with van der Waals surface area (Å²) in [5.41, 5.74) is 7.99. The molecule has 0 radical (unpaired) electrons. The molecule has 0 nitrogen and oxygen atoms in total. The minimum absolute atomic E-state index is 0.805. The molecule has 0 aromatic heterocycles. The van der Waals surface area contributed by atoms with Crippen LogP contribution in [0.25, 0.3) is 6.08 Å². The van der Waals surface area contributed by atoms with E-state index in [2.05, 4.69) is 42.5 Å². The second-order valence-electron chi connectivity index (χ2n) is 5.78. The number of rotatable bonds is 2. The van der Waals surface area contributed by atoms with Crippen molar-refractivity contribution in [2.24, 2.45) is 5.92 Å². The summed E-state index contributed by atoms with van der Waals surface area (Å²) in [6.45, 7) is 0. The highest BCUT2D eigenvalue weighted by atomic mass is 14.3. The lowest BCUT2D eigenvalue weighted by Crippen LogP contribution is -1.99. The lowest BCUT2D eigenvalue weighted by atomic mass is 9.92. The maximum absolute atomic E-state index is 2.42. The van der Waals surface area contributed by atoms with Crippen molar-refractivity contribution < 1.29 is 0 Å². The number of hydrogen-bond donors (Lipinski definition) is 0. The van der Waals surface area contributed by atoms with Gasteiger partial charge in [-0.15, -0.1) is 0 Å². The zero-order valence-electron chi connectivity index (χ0n) is 10.7. The Hall–Kier alpha value is -1.56. The average Bonchev–Trinajstić information content (AvgIpc) is 3.05. The van der Waals surface area contributed by atoms with Gasteiger partial charge in [-0.1, -0.05) is 53.6 Å². The summed E-state index contributed by atoms with van der Waals surface area (Å²) in [5.74, 6) is 0.805. The molecular formula is C18H18. The third-order valence-corrected chi connectivity index (χ3v) is 4.65. The SMILES string of the molecule is C1=CC2=C(C1)CCC2CC1=Cc2ccccc2C1. The Morgan fingerprint density at radius 1 is 1.17 bits per heavy atom. The quantitative estimate of drug-likeness (QED) is 0.696. The van der Waals surface area contributed by atoms with Crippen molar-refractivity contribution in [1.29, 1.82) is 0 Å². The minimum atomic E-state index is 0.805. The molecule has 4 rings (SSSR count). The molecule has 1 atom stereocenters. The van der Waals surface area contributed by atoms with Gasteiger partial charge in [0.2, 0.25) is 0 Å². The van der Waals surface area contributed by atoms with Crippen molar-refractivity contribution in [3.63, 3.8) is 0 Å². The van der Waals surface area contributed by atoms with Crippen LogP contribution in [0.2, 0.25) is 0 Å². The zero-order valence-corrected chi connectivity index (χ0v) is 10.7. The highest BCUT2D eigenvalue weighted by Crippen LogP contribution is 2.42. The van der Waals surface area contributed by atoms with E-state index in [1.54, 1.807) is 16.7 Å². The number of benzene rings is 1.